The number of carbonyl (C=O) groups is 1. The zero-order chi connectivity index (χ0) is 18.6. The summed E-state index contributed by atoms with van der Waals surface area (Å²) in [6.45, 7) is 3.35. The highest BCUT2D eigenvalue weighted by atomic mass is 16.5. The summed E-state index contributed by atoms with van der Waals surface area (Å²) in [5.74, 6) is 0.158. The molecule has 2 saturated heterocycles. The van der Waals surface area contributed by atoms with E-state index in [9.17, 15) is 10.1 Å². The largest absolute Gasteiger partial charge is 0.374 e. The molecule has 2 aliphatic heterocycles. The fourth-order valence-electron chi connectivity index (χ4n) is 4.04. The molecule has 2 atom stereocenters. The maximum Gasteiger partial charge on any atom is 0.225 e. The van der Waals surface area contributed by atoms with Crippen molar-refractivity contribution < 1.29 is 9.53 Å². The number of fused-ring (bicyclic) bond motifs is 1. The average molecular weight is 361 g/mol. The second-order valence-electron chi connectivity index (χ2n) is 7.20. The first-order chi connectivity index (χ1) is 13.2. The standard InChI is InChI=1S/C22H23N3O2/c23-12-18-8-4-5-9-19(18)14-24-15-20-21(16-24)27-11-10-22(26)25(20)13-17-6-2-1-3-7-17/h1-9,20-21H,10-11,13-16H2/t20-,21-/m0/s1. The summed E-state index contributed by atoms with van der Waals surface area (Å²) in [6.07, 6.45) is 0.464. The Morgan fingerprint density at radius 3 is 2.63 bits per heavy atom. The van der Waals surface area contributed by atoms with Crippen molar-refractivity contribution in [2.24, 2.45) is 0 Å². The highest BCUT2D eigenvalue weighted by molar-refractivity contribution is 5.77. The van der Waals surface area contributed by atoms with Crippen molar-refractivity contribution in [1.82, 2.24) is 9.80 Å². The molecule has 0 aromatic heterocycles. The highest BCUT2D eigenvalue weighted by Crippen LogP contribution is 2.26. The number of nitrogens with zero attached hydrogens (tertiary/aromatic N) is 3. The lowest BCUT2D eigenvalue weighted by atomic mass is 10.1. The Kier molecular flexibility index (Phi) is 5.19. The number of rotatable bonds is 4. The molecule has 2 aliphatic rings. The fraction of sp³-hybridized carbons (Fsp3) is 0.364. The van der Waals surface area contributed by atoms with Crippen molar-refractivity contribution >= 4 is 5.91 Å². The van der Waals surface area contributed by atoms with Gasteiger partial charge in [0.05, 0.1) is 36.8 Å². The van der Waals surface area contributed by atoms with Crippen LogP contribution in [0.15, 0.2) is 54.6 Å². The Hall–Kier alpha value is -2.68. The van der Waals surface area contributed by atoms with Gasteiger partial charge in [-0.2, -0.15) is 5.26 Å². The van der Waals surface area contributed by atoms with Gasteiger partial charge in [-0.1, -0.05) is 48.5 Å². The maximum absolute atomic E-state index is 12.7. The van der Waals surface area contributed by atoms with E-state index in [-0.39, 0.29) is 18.1 Å². The van der Waals surface area contributed by atoms with Gasteiger partial charge < -0.3 is 9.64 Å². The van der Waals surface area contributed by atoms with Gasteiger partial charge in [0, 0.05) is 26.2 Å². The van der Waals surface area contributed by atoms with Crippen LogP contribution in [0.25, 0.3) is 0 Å². The first-order valence-corrected chi connectivity index (χ1v) is 9.40. The smallest absolute Gasteiger partial charge is 0.225 e. The second kappa shape index (κ2) is 7.91. The average Bonchev–Trinajstić information content (AvgIpc) is 3.03. The van der Waals surface area contributed by atoms with Gasteiger partial charge in [-0.3, -0.25) is 9.69 Å². The Bertz CT molecular complexity index is 846. The Morgan fingerprint density at radius 2 is 1.81 bits per heavy atom. The molecule has 4 rings (SSSR count). The summed E-state index contributed by atoms with van der Waals surface area (Å²) >= 11 is 0. The van der Waals surface area contributed by atoms with Crippen molar-refractivity contribution in [2.45, 2.75) is 31.7 Å². The van der Waals surface area contributed by atoms with Crippen molar-refractivity contribution in [2.75, 3.05) is 19.7 Å². The molecule has 0 saturated carbocycles. The van der Waals surface area contributed by atoms with Crippen LogP contribution in [-0.2, 0) is 22.6 Å². The molecule has 138 valence electrons. The zero-order valence-electron chi connectivity index (χ0n) is 15.3. The Balaban J connectivity index is 1.52. The van der Waals surface area contributed by atoms with E-state index >= 15 is 0 Å². The van der Waals surface area contributed by atoms with Crippen LogP contribution in [0.4, 0.5) is 0 Å². The van der Waals surface area contributed by atoms with E-state index in [0.717, 1.165) is 24.2 Å². The summed E-state index contributed by atoms with van der Waals surface area (Å²) in [4.78, 5) is 17.0. The lowest BCUT2D eigenvalue weighted by Crippen LogP contribution is -2.45. The second-order valence-corrected chi connectivity index (χ2v) is 7.20. The number of carbonyl (C=O) groups excluding carboxylic acids is 1. The molecule has 27 heavy (non-hydrogen) atoms. The van der Waals surface area contributed by atoms with Crippen molar-refractivity contribution in [3.8, 4) is 6.07 Å². The van der Waals surface area contributed by atoms with Crippen LogP contribution in [0.1, 0.15) is 23.1 Å². The number of benzene rings is 2. The van der Waals surface area contributed by atoms with Crippen molar-refractivity contribution in [3.63, 3.8) is 0 Å². The van der Waals surface area contributed by atoms with Crippen LogP contribution in [-0.4, -0.2) is 47.5 Å². The zero-order valence-corrected chi connectivity index (χ0v) is 15.3. The summed E-state index contributed by atoms with van der Waals surface area (Å²) < 4.78 is 6.02. The number of hydrogen-bond acceptors (Lipinski definition) is 4. The lowest BCUT2D eigenvalue weighted by Gasteiger charge is -2.30. The molecule has 0 N–H and O–H groups in total. The molecule has 0 bridgehead atoms. The number of hydrogen-bond donors (Lipinski definition) is 0. The molecular weight excluding hydrogens is 338 g/mol. The van der Waals surface area contributed by atoms with Crippen LogP contribution in [0.3, 0.4) is 0 Å². The third-order valence-electron chi connectivity index (χ3n) is 5.41. The third kappa shape index (κ3) is 3.87. The Labute approximate surface area is 159 Å². The van der Waals surface area contributed by atoms with E-state index in [0.29, 0.717) is 31.7 Å². The monoisotopic (exact) mass is 361 g/mol. The maximum atomic E-state index is 12.7. The van der Waals surface area contributed by atoms with Crippen molar-refractivity contribution in [3.05, 3.63) is 71.3 Å². The minimum absolute atomic E-state index is 0.0226. The molecule has 2 aromatic rings. The summed E-state index contributed by atoms with van der Waals surface area (Å²) in [5, 5.41) is 9.33. The molecule has 5 nitrogen and oxygen atoms in total. The number of amides is 1. The molecule has 2 heterocycles. The van der Waals surface area contributed by atoms with Crippen LogP contribution in [0, 0.1) is 11.3 Å². The molecule has 0 radical (unpaired) electrons. The molecule has 5 heteroatoms. The van der Waals surface area contributed by atoms with Gasteiger partial charge in [0.1, 0.15) is 0 Å². The number of ether oxygens (including phenoxy) is 1. The summed E-state index contributed by atoms with van der Waals surface area (Å²) in [7, 11) is 0. The SMILES string of the molecule is N#Cc1ccccc1CN1C[C@@H]2OCCC(=O)N(Cc3ccccc3)[C@H]2C1. The van der Waals surface area contributed by atoms with E-state index in [1.165, 1.54) is 0 Å². The van der Waals surface area contributed by atoms with Crippen molar-refractivity contribution in [1.29, 1.82) is 5.26 Å². The predicted octanol–water partition coefficient (Wildman–Crippen LogP) is 2.56. The molecule has 0 spiro atoms. The van der Waals surface area contributed by atoms with Gasteiger partial charge in [0.2, 0.25) is 5.91 Å². The van der Waals surface area contributed by atoms with E-state index in [4.69, 9.17) is 4.74 Å². The normalized spacial score (nSPS) is 22.9. The summed E-state index contributed by atoms with van der Waals surface area (Å²) in [5.41, 5.74) is 2.87. The number of likely N-dealkylation sites (tertiary alicyclic amines) is 1. The predicted molar refractivity (Wildman–Crippen MR) is 102 cm³/mol. The first-order valence-electron chi connectivity index (χ1n) is 9.40. The first kappa shape index (κ1) is 17.7. The third-order valence-corrected chi connectivity index (χ3v) is 5.41. The minimum atomic E-state index is 0.0226. The summed E-state index contributed by atoms with van der Waals surface area (Å²) in [6, 6.07) is 20.1. The van der Waals surface area contributed by atoms with E-state index in [2.05, 4.69) is 23.1 Å². The van der Waals surface area contributed by atoms with Crippen LogP contribution in [0.2, 0.25) is 0 Å². The molecule has 2 aromatic carbocycles. The quantitative estimate of drug-likeness (QED) is 0.840. The van der Waals surface area contributed by atoms with E-state index < -0.39 is 0 Å². The molecular formula is C22H23N3O2. The number of nitriles is 1. The van der Waals surface area contributed by atoms with E-state index in [1.54, 1.807) is 0 Å². The minimum Gasteiger partial charge on any atom is -0.374 e. The molecule has 2 fully saturated rings. The van der Waals surface area contributed by atoms with E-state index in [1.807, 2.05) is 47.4 Å². The molecule has 0 aliphatic carbocycles. The Morgan fingerprint density at radius 1 is 1.04 bits per heavy atom. The van der Waals surface area contributed by atoms with Gasteiger partial charge in [0.25, 0.3) is 0 Å². The molecule has 0 unspecified atom stereocenters. The van der Waals surface area contributed by atoms with Crippen LogP contribution < -0.4 is 0 Å². The van der Waals surface area contributed by atoms with Gasteiger partial charge in [-0.25, -0.2) is 0 Å². The van der Waals surface area contributed by atoms with Gasteiger partial charge in [-0.05, 0) is 17.2 Å². The topological polar surface area (TPSA) is 56.6 Å². The lowest BCUT2D eigenvalue weighted by molar-refractivity contribution is -0.133. The van der Waals surface area contributed by atoms with Crippen LogP contribution >= 0.6 is 0 Å². The molecule has 1 amide bonds. The highest BCUT2D eigenvalue weighted by Gasteiger charge is 2.41. The van der Waals surface area contributed by atoms with Crippen LogP contribution in [0.5, 0.6) is 0 Å². The van der Waals surface area contributed by atoms with Gasteiger partial charge in [-0.15, -0.1) is 0 Å². The van der Waals surface area contributed by atoms with Gasteiger partial charge in [0.15, 0.2) is 0 Å². The fourth-order valence-corrected chi connectivity index (χ4v) is 4.04. The van der Waals surface area contributed by atoms with Gasteiger partial charge >= 0.3 is 0 Å².